The van der Waals surface area contributed by atoms with Crippen LogP contribution in [-0.2, 0) is 4.79 Å². The predicted molar refractivity (Wildman–Crippen MR) is 79.6 cm³/mol. The first-order chi connectivity index (χ1) is 8.31. The summed E-state index contributed by atoms with van der Waals surface area (Å²) in [6.07, 6.45) is 5.49. The highest BCUT2D eigenvalue weighted by molar-refractivity contribution is 9.11. The van der Waals surface area contributed by atoms with Crippen molar-refractivity contribution in [1.29, 1.82) is 0 Å². The highest BCUT2D eigenvalue weighted by Crippen LogP contribution is 2.26. The molecule has 4 heteroatoms. The van der Waals surface area contributed by atoms with Gasteiger partial charge in [0.1, 0.15) is 4.61 Å². The Morgan fingerprint density at radius 3 is 2.44 bits per heavy atom. The number of nitrogens with zero attached hydrogens (tertiary/aromatic N) is 1. The minimum absolute atomic E-state index is 0.0852. The number of carbonyl (C=O) groups is 1. The quantitative estimate of drug-likeness (QED) is 0.790. The van der Waals surface area contributed by atoms with Crippen molar-refractivity contribution in [3.05, 3.63) is 34.2 Å². The molecule has 0 spiro atoms. The van der Waals surface area contributed by atoms with E-state index >= 15 is 0 Å². The van der Waals surface area contributed by atoms with E-state index in [1.54, 1.807) is 6.20 Å². The van der Waals surface area contributed by atoms with Gasteiger partial charge in [0.15, 0.2) is 5.78 Å². The molecule has 0 aromatic rings. The van der Waals surface area contributed by atoms with Crippen LogP contribution in [0.1, 0.15) is 34.6 Å². The Morgan fingerprint density at radius 2 is 2.00 bits per heavy atom. The fraction of sp³-hybridized carbons (Fsp3) is 0.429. The molecule has 0 aromatic heterocycles. The van der Waals surface area contributed by atoms with Gasteiger partial charge in [0, 0.05) is 11.6 Å². The van der Waals surface area contributed by atoms with Crippen LogP contribution in [0.15, 0.2) is 39.2 Å². The van der Waals surface area contributed by atoms with Crippen LogP contribution in [0.2, 0.25) is 0 Å². The van der Waals surface area contributed by atoms with Crippen LogP contribution < -0.4 is 5.32 Å². The molecule has 3 nitrogen and oxygen atoms in total. The number of nitrogens with one attached hydrogen (secondary N) is 1. The zero-order chi connectivity index (χ0) is 13.9. The molecule has 0 aromatic carbocycles. The second-order valence-electron chi connectivity index (χ2n) is 5.06. The summed E-state index contributed by atoms with van der Waals surface area (Å²) in [5.74, 6) is 0.0852. The SMILES string of the molecule is CC=C1NC=C(C(=O)C(C)(C)C)/C1=N/C(Br)=C\C. The fourth-order valence-electron chi connectivity index (χ4n) is 1.52. The van der Waals surface area contributed by atoms with Crippen molar-refractivity contribution in [3.63, 3.8) is 0 Å². The lowest BCUT2D eigenvalue weighted by atomic mass is 9.85. The van der Waals surface area contributed by atoms with Crippen molar-refractivity contribution in [3.8, 4) is 0 Å². The monoisotopic (exact) mass is 310 g/mol. The number of aliphatic imine (C=N–C) groups is 1. The van der Waals surface area contributed by atoms with Gasteiger partial charge in [0.2, 0.25) is 0 Å². The minimum atomic E-state index is -0.417. The van der Waals surface area contributed by atoms with Crippen LogP contribution in [0.3, 0.4) is 0 Å². The number of ketones is 1. The molecule has 0 amide bonds. The average molecular weight is 311 g/mol. The molecule has 1 rings (SSSR count). The number of allylic oxidation sites excluding steroid dienone is 3. The van der Waals surface area contributed by atoms with E-state index in [0.717, 1.165) is 5.70 Å². The first-order valence-electron chi connectivity index (χ1n) is 5.90. The van der Waals surface area contributed by atoms with Crippen molar-refractivity contribution >= 4 is 27.4 Å². The fourth-order valence-corrected chi connectivity index (χ4v) is 1.70. The minimum Gasteiger partial charge on any atom is -0.359 e. The van der Waals surface area contributed by atoms with Crippen molar-refractivity contribution in [2.24, 2.45) is 10.4 Å². The van der Waals surface area contributed by atoms with Crippen LogP contribution in [0.25, 0.3) is 0 Å². The molecule has 0 unspecified atom stereocenters. The van der Waals surface area contributed by atoms with Gasteiger partial charge in [-0.05, 0) is 29.8 Å². The lowest BCUT2D eigenvalue weighted by molar-refractivity contribution is -0.121. The summed E-state index contributed by atoms with van der Waals surface area (Å²) in [7, 11) is 0. The molecular weight excluding hydrogens is 292 g/mol. The zero-order valence-corrected chi connectivity index (χ0v) is 13.1. The van der Waals surface area contributed by atoms with E-state index in [9.17, 15) is 4.79 Å². The molecule has 0 saturated carbocycles. The second-order valence-corrected chi connectivity index (χ2v) is 5.87. The lowest BCUT2D eigenvalue weighted by Gasteiger charge is -2.17. The van der Waals surface area contributed by atoms with Gasteiger partial charge in [-0.3, -0.25) is 4.79 Å². The van der Waals surface area contributed by atoms with E-state index in [4.69, 9.17) is 0 Å². The first-order valence-corrected chi connectivity index (χ1v) is 6.69. The summed E-state index contributed by atoms with van der Waals surface area (Å²) >= 11 is 3.35. The topological polar surface area (TPSA) is 41.5 Å². The Hall–Kier alpha value is -1.16. The highest BCUT2D eigenvalue weighted by atomic mass is 79.9. The summed E-state index contributed by atoms with van der Waals surface area (Å²) < 4.78 is 0.716. The molecule has 1 N–H and O–H groups in total. The standard InChI is InChI=1S/C14H19BrN2O/c1-6-10-12(17-11(15)7-2)9(8-16-10)13(18)14(3,4)5/h6-8,16H,1-5H3/b10-6?,11-7-,17-12-. The first kappa shape index (κ1) is 14.9. The predicted octanol–water partition coefficient (Wildman–Crippen LogP) is 3.69. The molecule has 0 aliphatic carbocycles. The third kappa shape index (κ3) is 3.19. The lowest BCUT2D eigenvalue weighted by Crippen LogP contribution is -2.25. The molecule has 0 radical (unpaired) electrons. The van der Waals surface area contributed by atoms with Gasteiger partial charge in [-0.25, -0.2) is 4.99 Å². The van der Waals surface area contributed by atoms with E-state index in [1.807, 2.05) is 46.8 Å². The molecule has 0 saturated heterocycles. The van der Waals surface area contributed by atoms with Gasteiger partial charge in [0.05, 0.1) is 17.0 Å². The second kappa shape index (κ2) is 5.65. The maximum atomic E-state index is 12.4. The summed E-state index contributed by atoms with van der Waals surface area (Å²) in [6.45, 7) is 9.53. The summed E-state index contributed by atoms with van der Waals surface area (Å²) in [6, 6.07) is 0. The van der Waals surface area contributed by atoms with Gasteiger partial charge in [0.25, 0.3) is 0 Å². The van der Waals surface area contributed by atoms with Crippen molar-refractivity contribution in [2.75, 3.05) is 0 Å². The highest BCUT2D eigenvalue weighted by Gasteiger charge is 2.31. The zero-order valence-electron chi connectivity index (χ0n) is 11.5. The summed E-state index contributed by atoms with van der Waals surface area (Å²) in [5.41, 5.74) is 1.78. The van der Waals surface area contributed by atoms with Gasteiger partial charge >= 0.3 is 0 Å². The van der Waals surface area contributed by atoms with Gasteiger partial charge in [-0.2, -0.15) is 0 Å². The Labute approximate surface area is 117 Å². The Balaban J connectivity index is 3.22. The molecule has 1 heterocycles. The maximum absolute atomic E-state index is 12.4. The van der Waals surface area contributed by atoms with E-state index < -0.39 is 5.41 Å². The van der Waals surface area contributed by atoms with Crippen LogP contribution in [0.4, 0.5) is 0 Å². The molecule has 0 fully saturated rings. The molecule has 18 heavy (non-hydrogen) atoms. The van der Waals surface area contributed by atoms with E-state index in [0.29, 0.717) is 15.9 Å². The summed E-state index contributed by atoms with van der Waals surface area (Å²) in [5, 5.41) is 3.09. The van der Waals surface area contributed by atoms with E-state index in [1.165, 1.54) is 0 Å². The number of halogens is 1. The molecule has 1 aliphatic rings. The third-order valence-electron chi connectivity index (χ3n) is 2.55. The molecule has 0 bridgehead atoms. The van der Waals surface area contributed by atoms with E-state index in [-0.39, 0.29) is 5.78 Å². The van der Waals surface area contributed by atoms with Crippen molar-refractivity contribution in [2.45, 2.75) is 34.6 Å². The van der Waals surface area contributed by atoms with Crippen LogP contribution in [0, 0.1) is 5.41 Å². The normalized spacial score (nSPS) is 21.2. The van der Waals surface area contributed by atoms with Crippen LogP contribution in [-0.4, -0.2) is 11.5 Å². The Bertz CT molecular complexity index is 477. The molecular formula is C14H19BrN2O. The smallest absolute Gasteiger partial charge is 0.171 e. The van der Waals surface area contributed by atoms with Crippen LogP contribution in [0.5, 0.6) is 0 Å². The number of hydrogen-bond donors (Lipinski definition) is 1. The number of Topliss-reactive ketones (excluding diaryl/α,β-unsaturated/α-hetero) is 1. The van der Waals surface area contributed by atoms with Gasteiger partial charge < -0.3 is 5.32 Å². The number of carbonyl (C=O) groups excluding carboxylic acids is 1. The van der Waals surface area contributed by atoms with E-state index in [2.05, 4.69) is 26.2 Å². The summed E-state index contributed by atoms with van der Waals surface area (Å²) in [4.78, 5) is 16.8. The van der Waals surface area contributed by atoms with Gasteiger partial charge in [-0.15, -0.1) is 0 Å². The maximum Gasteiger partial charge on any atom is 0.171 e. The van der Waals surface area contributed by atoms with Crippen LogP contribution >= 0.6 is 15.9 Å². The Morgan fingerprint density at radius 1 is 1.39 bits per heavy atom. The third-order valence-corrected chi connectivity index (χ3v) is 3.19. The Kier molecular flexibility index (Phi) is 4.68. The number of hydrogen-bond acceptors (Lipinski definition) is 3. The molecule has 0 atom stereocenters. The average Bonchev–Trinajstić information content (AvgIpc) is 2.69. The van der Waals surface area contributed by atoms with Gasteiger partial charge in [-0.1, -0.05) is 32.9 Å². The largest absolute Gasteiger partial charge is 0.359 e. The van der Waals surface area contributed by atoms with Crippen molar-refractivity contribution in [1.82, 2.24) is 5.32 Å². The molecule has 1 aliphatic heterocycles. The van der Waals surface area contributed by atoms with Crippen molar-refractivity contribution < 1.29 is 4.79 Å². The number of rotatable bonds is 2. The molecule has 98 valence electrons.